The maximum absolute atomic E-state index is 11.7. The molecule has 8 nitrogen and oxygen atoms in total. The van der Waals surface area contributed by atoms with Gasteiger partial charge in [-0.2, -0.15) is 0 Å². The predicted molar refractivity (Wildman–Crippen MR) is 123 cm³/mol. The molecule has 0 aromatic heterocycles. The highest BCUT2D eigenvalue weighted by molar-refractivity contribution is 5.87. The monoisotopic (exact) mass is 424 g/mol. The molecule has 0 saturated heterocycles. The number of oxime groups is 2. The fourth-order valence-electron chi connectivity index (χ4n) is 2.30. The molecule has 0 heterocycles. The van der Waals surface area contributed by atoms with Crippen LogP contribution in [0.2, 0.25) is 0 Å². The van der Waals surface area contributed by atoms with Gasteiger partial charge in [-0.1, -0.05) is 48.4 Å². The van der Waals surface area contributed by atoms with Crippen LogP contribution >= 0.6 is 0 Å². The molecule has 0 radical (unpaired) electrons. The fourth-order valence-corrected chi connectivity index (χ4v) is 2.30. The molecule has 0 aliphatic rings. The number of carbonyl (C=O) groups is 2. The Kier molecular flexibility index (Phi) is 9.22. The maximum atomic E-state index is 11.7. The van der Waals surface area contributed by atoms with Gasteiger partial charge in [-0.15, -0.1) is 0 Å². The van der Waals surface area contributed by atoms with Gasteiger partial charge in [0.2, 0.25) is 0 Å². The van der Waals surface area contributed by atoms with Gasteiger partial charge in [0, 0.05) is 11.4 Å². The smallest absolute Gasteiger partial charge is 0.298 e. The molecule has 164 valence electrons. The van der Waals surface area contributed by atoms with Gasteiger partial charge in [-0.05, 0) is 68.5 Å². The first-order valence-electron chi connectivity index (χ1n) is 10.1. The summed E-state index contributed by atoms with van der Waals surface area (Å²) in [6.45, 7) is 7.45. The number of rotatable bonds is 8. The summed E-state index contributed by atoms with van der Waals surface area (Å²) in [5, 5.41) is 12.7. The molecule has 2 amide bonds. The van der Waals surface area contributed by atoms with Crippen molar-refractivity contribution < 1.29 is 19.3 Å². The average molecular weight is 425 g/mol. The van der Waals surface area contributed by atoms with Crippen molar-refractivity contribution in [1.29, 1.82) is 0 Å². The first-order chi connectivity index (χ1) is 14.9. The number of amides is 2. The molecule has 0 spiro atoms. The minimum absolute atomic E-state index is 0.622. The Morgan fingerprint density at radius 2 is 1.06 bits per heavy atom. The number of carbonyl (C=O) groups excluding carboxylic acids is 2. The van der Waals surface area contributed by atoms with Crippen molar-refractivity contribution in [2.45, 2.75) is 47.0 Å². The SMILES string of the molecule is CC/C(C)=N\OC(=O)Nc1ccc(Cc2ccc(NC(=O)O/N=C(/C)CC)cc2)cc1. The Morgan fingerprint density at radius 3 is 1.39 bits per heavy atom. The first-order valence-corrected chi connectivity index (χ1v) is 10.1. The van der Waals surface area contributed by atoms with E-state index in [1.165, 1.54) is 0 Å². The summed E-state index contributed by atoms with van der Waals surface area (Å²) >= 11 is 0. The van der Waals surface area contributed by atoms with Crippen molar-refractivity contribution in [2.24, 2.45) is 10.3 Å². The van der Waals surface area contributed by atoms with Gasteiger partial charge in [0.1, 0.15) is 0 Å². The number of hydrogen-bond donors (Lipinski definition) is 2. The largest absolute Gasteiger partial charge is 0.437 e. The van der Waals surface area contributed by atoms with Gasteiger partial charge >= 0.3 is 12.2 Å². The third-order valence-corrected chi connectivity index (χ3v) is 4.40. The van der Waals surface area contributed by atoms with Crippen molar-refractivity contribution in [3.63, 3.8) is 0 Å². The third-order valence-electron chi connectivity index (χ3n) is 4.40. The standard InChI is InChI=1S/C23H28N4O4/c1-5-16(3)26-30-22(28)24-20-11-7-18(8-12-20)15-19-9-13-21(14-10-19)25-23(29)31-27-17(4)6-2/h7-14H,5-6,15H2,1-4H3,(H,24,28)(H,25,29)/b26-16-,27-17-. The maximum Gasteiger partial charge on any atom is 0.437 e. The van der Waals surface area contributed by atoms with Crippen molar-refractivity contribution >= 4 is 35.0 Å². The second kappa shape index (κ2) is 12.1. The lowest BCUT2D eigenvalue weighted by Gasteiger charge is -2.07. The van der Waals surface area contributed by atoms with Crippen LogP contribution in [0.15, 0.2) is 58.8 Å². The van der Waals surface area contributed by atoms with E-state index in [4.69, 9.17) is 9.68 Å². The fraction of sp³-hybridized carbons (Fsp3) is 0.304. The molecule has 8 heteroatoms. The van der Waals surface area contributed by atoms with Gasteiger partial charge in [0.25, 0.3) is 0 Å². The highest BCUT2D eigenvalue weighted by Crippen LogP contribution is 2.16. The summed E-state index contributed by atoms with van der Waals surface area (Å²) in [7, 11) is 0. The number of nitrogens with zero attached hydrogens (tertiary/aromatic N) is 2. The van der Waals surface area contributed by atoms with E-state index >= 15 is 0 Å². The summed E-state index contributed by atoms with van der Waals surface area (Å²) in [5.41, 5.74) is 4.87. The van der Waals surface area contributed by atoms with E-state index in [0.29, 0.717) is 17.8 Å². The van der Waals surface area contributed by atoms with Gasteiger partial charge in [0.05, 0.1) is 11.4 Å². The van der Waals surface area contributed by atoms with E-state index in [2.05, 4.69) is 20.9 Å². The normalized spacial score (nSPS) is 11.6. The Bertz CT molecular complexity index is 858. The van der Waals surface area contributed by atoms with E-state index in [-0.39, 0.29) is 0 Å². The Hall–Kier alpha value is -3.68. The molecule has 0 saturated carbocycles. The van der Waals surface area contributed by atoms with Gasteiger partial charge in [-0.25, -0.2) is 9.59 Å². The second-order valence-electron chi connectivity index (χ2n) is 6.94. The number of anilines is 2. The molecular formula is C23H28N4O4. The van der Waals surface area contributed by atoms with Crippen LogP contribution < -0.4 is 10.6 Å². The minimum atomic E-state index is -0.627. The van der Waals surface area contributed by atoms with E-state index in [9.17, 15) is 9.59 Å². The topological polar surface area (TPSA) is 101 Å². The molecule has 2 aromatic rings. The lowest BCUT2D eigenvalue weighted by Crippen LogP contribution is -2.11. The predicted octanol–water partition coefficient (Wildman–Crippen LogP) is 5.95. The summed E-state index contributed by atoms with van der Waals surface area (Å²) in [6, 6.07) is 14.9. The van der Waals surface area contributed by atoms with Crippen LogP contribution in [0.25, 0.3) is 0 Å². The van der Waals surface area contributed by atoms with Crippen molar-refractivity contribution in [3.05, 3.63) is 59.7 Å². The highest BCUT2D eigenvalue weighted by Gasteiger charge is 2.05. The van der Waals surface area contributed by atoms with Crippen molar-refractivity contribution in [2.75, 3.05) is 10.6 Å². The van der Waals surface area contributed by atoms with E-state index in [0.717, 1.165) is 35.4 Å². The Balaban J connectivity index is 1.86. The van der Waals surface area contributed by atoms with Crippen LogP contribution in [0.4, 0.5) is 21.0 Å². The summed E-state index contributed by atoms with van der Waals surface area (Å²) in [5.74, 6) is 0. The van der Waals surface area contributed by atoms with Gasteiger partial charge in [-0.3, -0.25) is 20.3 Å². The molecule has 2 N–H and O–H groups in total. The van der Waals surface area contributed by atoms with Crippen LogP contribution in [0.5, 0.6) is 0 Å². The number of hydrogen-bond acceptors (Lipinski definition) is 6. The van der Waals surface area contributed by atoms with Crippen LogP contribution in [-0.2, 0) is 16.1 Å². The molecule has 0 fully saturated rings. The lowest BCUT2D eigenvalue weighted by atomic mass is 10.0. The quantitative estimate of drug-likeness (QED) is 0.311. The molecule has 0 atom stereocenters. The number of benzene rings is 2. The minimum Gasteiger partial charge on any atom is -0.298 e. The molecule has 0 aliphatic carbocycles. The van der Waals surface area contributed by atoms with Gasteiger partial charge in [0.15, 0.2) is 0 Å². The Morgan fingerprint density at radius 1 is 0.710 bits per heavy atom. The van der Waals surface area contributed by atoms with E-state index in [1.54, 1.807) is 38.1 Å². The zero-order chi connectivity index (χ0) is 22.6. The number of nitrogens with one attached hydrogen (secondary N) is 2. The zero-order valence-electron chi connectivity index (χ0n) is 18.3. The van der Waals surface area contributed by atoms with Crippen molar-refractivity contribution in [3.8, 4) is 0 Å². The zero-order valence-corrected chi connectivity index (χ0v) is 18.3. The van der Waals surface area contributed by atoms with Crippen molar-refractivity contribution in [1.82, 2.24) is 0 Å². The van der Waals surface area contributed by atoms with E-state index < -0.39 is 12.2 Å². The van der Waals surface area contributed by atoms with Gasteiger partial charge < -0.3 is 0 Å². The van der Waals surface area contributed by atoms with Crippen LogP contribution in [-0.4, -0.2) is 23.6 Å². The lowest BCUT2D eigenvalue weighted by molar-refractivity contribution is 0.165. The molecule has 2 aromatic carbocycles. The first kappa shape index (κ1) is 23.6. The Labute approximate surface area is 182 Å². The molecule has 0 unspecified atom stereocenters. The molecule has 0 aliphatic heterocycles. The molecule has 31 heavy (non-hydrogen) atoms. The average Bonchev–Trinajstić information content (AvgIpc) is 2.78. The van der Waals surface area contributed by atoms with Crippen LogP contribution in [0, 0.1) is 0 Å². The summed E-state index contributed by atoms with van der Waals surface area (Å²) in [4.78, 5) is 33.0. The second-order valence-corrected chi connectivity index (χ2v) is 6.94. The summed E-state index contributed by atoms with van der Waals surface area (Å²) < 4.78 is 0. The highest BCUT2D eigenvalue weighted by atomic mass is 16.7. The van der Waals surface area contributed by atoms with Crippen LogP contribution in [0.3, 0.4) is 0 Å². The molecular weight excluding hydrogens is 396 g/mol. The molecule has 0 bridgehead atoms. The molecule has 2 rings (SSSR count). The summed E-state index contributed by atoms with van der Waals surface area (Å²) in [6.07, 6.45) is 0.887. The van der Waals surface area contributed by atoms with Crippen LogP contribution in [0.1, 0.15) is 51.7 Å². The third kappa shape index (κ3) is 8.69. The van der Waals surface area contributed by atoms with E-state index in [1.807, 2.05) is 38.1 Å².